The van der Waals surface area contributed by atoms with E-state index in [0.717, 1.165) is 16.9 Å². The second-order valence-corrected chi connectivity index (χ2v) is 5.43. The number of hydrogen-bond acceptors (Lipinski definition) is 4. The zero-order valence-corrected chi connectivity index (χ0v) is 12.8. The minimum absolute atomic E-state index is 0.0372. The van der Waals surface area contributed by atoms with Crippen molar-refractivity contribution in [2.45, 2.75) is 38.8 Å². The van der Waals surface area contributed by atoms with E-state index in [0.29, 0.717) is 19.4 Å². The van der Waals surface area contributed by atoms with Gasteiger partial charge in [0.1, 0.15) is 0 Å². The van der Waals surface area contributed by atoms with E-state index < -0.39 is 0 Å². The van der Waals surface area contributed by atoms with Gasteiger partial charge in [-0.2, -0.15) is 0 Å². The number of amides is 1. The summed E-state index contributed by atoms with van der Waals surface area (Å²) in [6, 6.07) is 1.97. The molecule has 1 atom stereocenters. The summed E-state index contributed by atoms with van der Waals surface area (Å²) in [4.78, 5) is 12.7. The number of hydrogen-bond donors (Lipinski definition) is 2. The molecule has 4 nitrogen and oxygen atoms in total. The number of rotatable bonds is 7. The van der Waals surface area contributed by atoms with E-state index in [-0.39, 0.29) is 18.6 Å². The normalized spacial score (nSPS) is 11.6. The first-order chi connectivity index (χ1) is 9.65. The highest BCUT2D eigenvalue weighted by Gasteiger charge is 2.06. The molecule has 20 heavy (non-hydrogen) atoms. The van der Waals surface area contributed by atoms with E-state index in [1.165, 1.54) is 0 Å². The number of thiophene rings is 1. The SMILES string of the molecule is COC(C)CCC(=O)NCc1cc(C#CCCO)cs1. The third kappa shape index (κ3) is 6.71. The minimum Gasteiger partial charge on any atom is -0.395 e. The van der Waals surface area contributed by atoms with E-state index >= 15 is 0 Å². The van der Waals surface area contributed by atoms with E-state index in [1.807, 2.05) is 18.4 Å². The van der Waals surface area contributed by atoms with E-state index in [1.54, 1.807) is 18.4 Å². The second kappa shape index (κ2) is 9.54. The molecule has 2 N–H and O–H groups in total. The van der Waals surface area contributed by atoms with Gasteiger partial charge < -0.3 is 15.2 Å². The molecule has 110 valence electrons. The van der Waals surface area contributed by atoms with Gasteiger partial charge in [0.25, 0.3) is 0 Å². The van der Waals surface area contributed by atoms with Gasteiger partial charge >= 0.3 is 0 Å². The Morgan fingerprint density at radius 3 is 3.10 bits per heavy atom. The second-order valence-electron chi connectivity index (χ2n) is 4.44. The third-order valence-electron chi connectivity index (χ3n) is 2.76. The number of carbonyl (C=O) groups is 1. The highest BCUT2D eigenvalue weighted by atomic mass is 32.1. The maximum atomic E-state index is 11.6. The summed E-state index contributed by atoms with van der Waals surface area (Å²) in [5.41, 5.74) is 0.931. The average molecular weight is 295 g/mol. The molecular weight excluding hydrogens is 274 g/mol. The molecule has 5 heteroatoms. The van der Waals surface area contributed by atoms with Crippen molar-refractivity contribution in [2.75, 3.05) is 13.7 Å². The van der Waals surface area contributed by atoms with E-state index in [2.05, 4.69) is 17.2 Å². The van der Waals surface area contributed by atoms with Gasteiger partial charge in [-0.25, -0.2) is 0 Å². The molecule has 0 radical (unpaired) electrons. The lowest BCUT2D eigenvalue weighted by Crippen LogP contribution is -2.23. The van der Waals surface area contributed by atoms with Gasteiger partial charge in [-0.05, 0) is 19.4 Å². The first kappa shape index (κ1) is 16.7. The number of methoxy groups -OCH3 is 1. The summed E-state index contributed by atoms with van der Waals surface area (Å²) in [7, 11) is 1.65. The Morgan fingerprint density at radius 1 is 1.60 bits per heavy atom. The fraction of sp³-hybridized carbons (Fsp3) is 0.533. The Balaban J connectivity index is 2.32. The van der Waals surface area contributed by atoms with Gasteiger partial charge in [0.15, 0.2) is 0 Å². The number of aliphatic hydroxyl groups excluding tert-OH is 1. The molecule has 0 saturated heterocycles. The van der Waals surface area contributed by atoms with Crippen LogP contribution in [0.3, 0.4) is 0 Å². The van der Waals surface area contributed by atoms with Crippen LogP contribution in [0.5, 0.6) is 0 Å². The topological polar surface area (TPSA) is 58.6 Å². The molecule has 0 aliphatic rings. The average Bonchev–Trinajstić information content (AvgIpc) is 2.90. The lowest BCUT2D eigenvalue weighted by Gasteiger charge is -2.08. The Labute approximate surface area is 124 Å². The van der Waals surface area contributed by atoms with Gasteiger partial charge in [0, 0.05) is 35.8 Å². The summed E-state index contributed by atoms with van der Waals surface area (Å²) < 4.78 is 5.10. The standard InChI is InChI=1S/C15H21NO3S/c1-12(19-2)6-7-15(18)16-10-14-9-13(11-20-14)5-3-4-8-17/h9,11-12,17H,4,6-8,10H2,1-2H3,(H,16,18). The Hall–Kier alpha value is -1.35. The highest BCUT2D eigenvalue weighted by Crippen LogP contribution is 2.13. The van der Waals surface area contributed by atoms with Crippen LogP contribution in [0.2, 0.25) is 0 Å². The Morgan fingerprint density at radius 2 is 2.40 bits per heavy atom. The van der Waals surface area contributed by atoms with Crippen molar-refractivity contribution in [1.29, 1.82) is 0 Å². The van der Waals surface area contributed by atoms with Crippen LogP contribution in [-0.2, 0) is 16.1 Å². The largest absolute Gasteiger partial charge is 0.395 e. The zero-order valence-electron chi connectivity index (χ0n) is 11.9. The molecule has 0 saturated carbocycles. The number of aliphatic hydroxyl groups is 1. The van der Waals surface area contributed by atoms with Crippen LogP contribution < -0.4 is 5.32 Å². The van der Waals surface area contributed by atoms with Crippen LogP contribution >= 0.6 is 11.3 Å². The van der Waals surface area contributed by atoms with E-state index in [4.69, 9.17) is 9.84 Å². The first-order valence-corrected chi connectivity index (χ1v) is 7.50. The molecule has 1 unspecified atom stereocenters. The summed E-state index contributed by atoms with van der Waals surface area (Å²) in [5.74, 6) is 5.88. The summed E-state index contributed by atoms with van der Waals surface area (Å²) >= 11 is 1.57. The summed E-state index contributed by atoms with van der Waals surface area (Å²) in [5, 5.41) is 13.5. The lowest BCUT2D eigenvalue weighted by atomic mass is 10.2. The summed E-state index contributed by atoms with van der Waals surface area (Å²) in [6.07, 6.45) is 1.80. The fourth-order valence-electron chi connectivity index (χ4n) is 1.49. The molecule has 0 aliphatic carbocycles. The van der Waals surface area contributed by atoms with Crippen LogP contribution in [0.25, 0.3) is 0 Å². The van der Waals surface area contributed by atoms with Crippen molar-refractivity contribution in [3.63, 3.8) is 0 Å². The van der Waals surface area contributed by atoms with Crippen molar-refractivity contribution in [2.24, 2.45) is 0 Å². The number of carbonyl (C=O) groups excluding carboxylic acids is 1. The smallest absolute Gasteiger partial charge is 0.220 e. The minimum atomic E-state index is 0.0372. The molecule has 0 aromatic carbocycles. The molecule has 1 rings (SSSR count). The number of nitrogens with one attached hydrogen (secondary N) is 1. The van der Waals surface area contributed by atoms with Gasteiger partial charge in [-0.1, -0.05) is 11.8 Å². The molecule has 1 heterocycles. The van der Waals surface area contributed by atoms with Crippen LogP contribution in [0.1, 0.15) is 36.6 Å². The van der Waals surface area contributed by atoms with Gasteiger partial charge in [0.2, 0.25) is 5.91 Å². The molecular formula is C15H21NO3S. The number of ether oxygens (including phenoxy) is 1. The van der Waals surface area contributed by atoms with Crippen molar-refractivity contribution in [3.05, 3.63) is 21.9 Å². The molecule has 0 aliphatic heterocycles. The molecule has 0 spiro atoms. The Bertz CT molecular complexity index is 473. The third-order valence-corrected chi connectivity index (χ3v) is 3.70. The van der Waals surface area contributed by atoms with Gasteiger partial charge in [0.05, 0.1) is 19.3 Å². The zero-order chi connectivity index (χ0) is 14.8. The molecule has 0 bridgehead atoms. The highest BCUT2D eigenvalue weighted by molar-refractivity contribution is 7.10. The monoisotopic (exact) mass is 295 g/mol. The van der Waals surface area contributed by atoms with Crippen molar-refractivity contribution < 1.29 is 14.6 Å². The van der Waals surface area contributed by atoms with Crippen LogP contribution in [0, 0.1) is 11.8 Å². The maximum absolute atomic E-state index is 11.6. The molecule has 1 amide bonds. The molecule has 1 aromatic rings. The molecule has 0 fully saturated rings. The Kier molecular flexibility index (Phi) is 7.97. The van der Waals surface area contributed by atoms with Crippen molar-refractivity contribution in [3.8, 4) is 11.8 Å². The maximum Gasteiger partial charge on any atom is 0.220 e. The van der Waals surface area contributed by atoms with Crippen LogP contribution in [-0.4, -0.2) is 30.8 Å². The predicted molar refractivity (Wildman–Crippen MR) is 80.5 cm³/mol. The van der Waals surface area contributed by atoms with E-state index in [9.17, 15) is 4.79 Å². The van der Waals surface area contributed by atoms with Crippen molar-refractivity contribution in [1.82, 2.24) is 5.32 Å². The fourth-order valence-corrected chi connectivity index (χ4v) is 2.24. The van der Waals surface area contributed by atoms with Crippen molar-refractivity contribution >= 4 is 17.2 Å². The first-order valence-electron chi connectivity index (χ1n) is 6.62. The molecule has 1 aromatic heterocycles. The predicted octanol–water partition coefficient (Wildman–Crippen LogP) is 1.91. The van der Waals surface area contributed by atoms with Crippen LogP contribution in [0.4, 0.5) is 0 Å². The quantitative estimate of drug-likeness (QED) is 0.756. The van der Waals surface area contributed by atoms with Gasteiger partial charge in [-0.15, -0.1) is 11.3 Å². The van der Waals surface area contributed by atoms with Gasteiger partial charge in [-0.3, -0.25) is 4.79 Å². The van der Waals surface area contributed by atoms with Crippen LogP contribution in [0.15, 0.2) is 11.4 Å². The summed E-state index contributed by atoms with van der Waals surface area (Å²) in [6.45, 7) is 2.57. The lowest BCUT2D eigenvalue weighted by molar-refractivity contribution is -0.121.